The summed E-state index contributed by atoms with van der Waals surface area (Å²) >= 11 is 0. The molecule has 2 aromatic heterocycles. The molecular weight excluding hydrogens is 236 g/mol. The molecule has 8 heteroatoms. The zero-order chi connectivity index (χ0) is 12.6. The lowest BCUT2D eigenvalue weighted by Crippen LogP contribution is -2.10. The van der Waals surface area contributed by atoms with Crippen LogP contribution in [0, 0.1) is 0 Å². The number of nitrogens with zero attached hydrogens (tertiary/aromatic N) is 5. The number of rotatable bonds is 8. The van der Waals surface area contributed by atoms with Gasteiger partial charge in [-0.1, -0.05) is 0 Å². The Labute approximate surface area is 104 Å². The molecule has 0 spiro atoms. The summed E-state index contributed by atoms with van der Waals surface area (Å²) in [6.07, 6.45) is 0.902. The summed E-state index contributed by atoms with van der Waals surface area (Å²) in [5.41, 5.74) is 0.628. The van der Waals surface area contributed by atoms with Gasteiger partial charge in [-0.2, -0.15) is 0 Å². The van der Waals surface area contributed by atoms with Crippen molar-refractivity contribution in [2.75, 3.05) is 38.8 Å². The molecule has 0 aliphatic rings. The molecule has 0 aromatic carbocycles. The first kappa shape index (κ1) is 12.7. The van der Waals surface area contributed by atoms with Gasteiger partial charge in [0.1, 0.15) is 5.82 Å². The lowest BCUT2D eigenvalue weighted by molar-refractivity contribution is 0.0705. The molecular formula is C10H16N6O2. The fourth-order valence-corrected chi connectivity index (χ4v) is 1.38. The highest BCUT2D eigenvalue weighted by Crippen LogP contribution is 2.02. The van der Waals surface area contributed by atoms with Gasteiger partial charge in [-0.15, -0.1) is 14.8 Å². The van der Waals surface area contributed by atoms with Crippen molar-refractivity contribution in [1.82, 2.24) is 25.3 Å². The van der Waals surface area contributed by atoms with Gasteiger partial charge in [0.05, 0.1) is 13.2 Å². The zero-order valence-corrected chi connectivity index (χ0v) is 10.2. The van der Waals surface area contributed by atoms with Crippen LogP contribution >= 0.6 is 0 Å². The molecule has 8 nitrogen and oxygen atoms in total. The summed E-state index contributed by atoms with van der Waals surface area (Å²) in [6, 6.07) is 3.65. The van der Waals surface area contributed by atoms with E-state index in [1.807, 2.05) is 12.1 Å². The number of hydrogen-bond acceptors (Lipinski definition) is 7. The van der Waals surface area contributed by atoms with E-state index in [0.29, 0.717) is 25.5 Å². The number of tetrazole rings is 1. The molecule has 0 atom stereocenters. The van der Waals surface area contributed by atoms with Crippen LogP contribution in [0.15, 0.2) is 12.1 Å². The highest BCUT2D eigenvalue weighted by atomic mass is 16.5. The van der Waals surface area contributed by atoms with Crippen molar-refractivity contribution >= 4 is 11.5 Å². The Morgan fingerprint density at radius 2 is 2.22 bits per heavy atom. The van der Waals surface area contributed by atoms with Gasteiger partial charge in [-0.25, -0.2) is 0 Å². The first-order valence-electron chi connectivity index (χ1n) is 5.76. The normalized spacial score (nSPS) is 10.9. The molecule has 0 saturated carbocycles. The van der Waals surface area contributed by atoms with Crippen LogP contribution in [0.2, 0.25) is 0 Å². The average molecular weight is 252 g/mol. The maximum absolute atomic E-state index is 5.35. The van der Waals surface area contributed by atoms with Crippen molar-refractivity contribution in [2.45, 2.75) is 6.42 Å². The predicted octanol–water partition coefficient (Wildman–Crippen LogP) is -0.0157. The van der Waals surface area contributed by atoms with Crippen molar-refractivity contribution in [2.24, 2.45) is 0 Å². The van der Waals surface area contributed by atoms with Crippen molar-refractivity contribution in [3.8, 4) is 0 Å². The molecule has 0 saturated heterocycles. The van der Waals surface area contributed by atoms with Crippen LogP contribution in [-0.4, -0.2) is 58.7 Å². The number of hydrogen-bond donors (Lipinski definition) is 1. The lowest BCUT2D eigenvalue weighted by atomic mass is 10.4. The third-order valence-corrected chi connectivity index (χ3v) is 2.27. The minimum absolute atomic E-state index is 0.628. The summed E-state index contributed by atoms with van der Waals surface area (Å²) < 4.78 is 11.6. The number of aromatic nitrogens is 5. The fourth-order valence-electron chi connectivity index (χ4n) is 1.38. The second-order valence-electron chi connectivity index (χ2n) is 3.63. The second-order valence-corrected chi connectivity index (χ2v) is 3.63. The van der Waals surface area contributed by atoms with Gasteiger partial charge in [0.25, 0.3) is 0 Å². The van der Waals surface area contributed by atoms with E-state index >= 15 is 0 Å². The summed E-state index contributed by atoms with van der Waals surface area (Å²) in [5.74, 6) is 0.742. The third-order valence-electron chi connectivity index (χ3n) is 2.27. The van der Waals surface area contributed by atoms with Crippen LogP contribution in [-0.2, 0) is 9.47 Å². The third kappa shape index (κ3) is 3.60. The zero-order valence-electron chi connectivity index (χ0n) is 10.2. The quantitative estimate of drug-likeness (QED) is 0.661. The molecule has 0 fully saturated rings. The van der Waals surface area contributed by atoms with E-state index in [-0.39, 0.29) is 0 Å². The van der Waals surface area contributed by atoms with Crippen molar-refractivity contribution in [3.63, 3.8) is 0 Å². The Morgan fingerprint density at radius 1 is 1.28 bits per heavy atom. The SMILES string of the molecule is COCCOCCCNc1ccc2nnnn2n1. The Bertz CT molecular complexity index is 474. The lowest BCUT2D eigenvalue weighted by Gasteiger charge is -2.05. The van der Waals surface area contributed by atoms with Gasteiger partial charge in [0, 0.05) is 20.3 Å². The van der Waals surface area contributed by atoms with E-state index in [4.69, 9.17) is 9.47 Å². The molecule has 0 unspecified atom stereocenters. The molecule has 2 rings (SSSR count). The Balaban J connectivity index is 1.67. The van der Waals surface area contributed by atoms with Gasteiger partial charge < -0.3 is 14.8 Å². The van der Waals surface area contributed by atoms with E-state index in [0.717, 1.165) is 18.8 Å². The molecule has 1 N–H and O–H groups in total. The van der Waals surface area contributed by atoms with E-state index in [1.165, 1.54) is 4.63 Å². The topological polar surface area (TPSA) is 86.5 Å². The largest absolute Gasteiger partial charge is 0.382 e. The predicted molar refractivity (Wildman–Crippen MR) is 64.4 cm³/mol. The molecule has 0 aliphatic heterocycles. The Morgan fingerprint density at radius 3 is 3.11 bits per heavy atom. The van der Waals surface area contributed by atoms with E-state index < -0.39 is 0 Å². The van der Waals surface area contributed by atoms with Gasteiger partial charge >= 0.3 is 0 Å². The highest BCUT2D eigenvalue weighted by molar-refractivity contribution is 5.41. The smallest absolute Gasteiger partial charge is 0.200 e. The van der Waals surface area contributed by atoms with Gasteiger partial charge in [-0.3, -0.25) is 0 Å². The maximum atomic E-state index is 5.35. The van der Waals surface area contributed by atoms with Crippen LogP contribution in [0.1, 0.15) is 6.42 Å². The van der Waals surface area contributed by atoms with Gasteiger partial charge in [0.15, 0.2) is 5.65 Å². The molecule has 2 heterocycles. The first-order chi connectivity index (χ1) is 8.90. The summed E-state index contributed by atoms with van der Waals surface area (Å²) in [7, 11) is 1.66. The van der Waals surface area contributed by atoms with Crippen LogP contribution in [0.4, 0.5) is 5.82 Å². The molecule has 2 aromatic rings. The van der Waals surface area contributed by atoms with Crippen molar-refractivity contribution in [1.29, 1.82) is 0 Å². The number of fused-ring (bicyclic) bond motifs is 1. The van der Waals surface area contributed by atoms with Crippen molar-refractivity contribution < 1.29 is 9.47 Å². The van der Waals surface area contributed by atoms with Crippen molar-refractivity contribution in [3.05, 3.63) is 12.1 Å². The van der Waals surface area contributed by atoms with Crippen LogP contribution < -0.4 is 5.32 Å². The number of ether oxygens (including phenoxy) is 2. The summed E-state index contributed by atoms with van der Waals surface area (Å²) in [5, 5.41) is 18.4. The average Bonchev–Trinajstić information content (AvgIpc) is 2.85. The highest BCUT2D eigenvalue weighted by Gasteiger charge is 1.99. The second kappa shape index (κ2) is 6.82. The number of nitrogens with one attached hydrogen (secondary N) is 1. The molecule has 18 heavy (non-hydrogen) atoms. The fraction of sp³-hybridized carbons (Fsp3) is 0.600. The summed E-state index contributed by atoms with van der Waals surface area (Å²) in [6.45, 7) is 2.74. The maximum Gasteiger partial charge on any atom is 0.200 e. The van der Waals surface area contributed by atoms with Crippen LogP contribution in [0.3, 0.4) is 0 Å². The van der Waals surface area contributed by atoms with Crippen LogP contribution in [0.5, 0.6) is 0 Å². The summed E-state index contributed by atoms with van der Waals surface area (Å²) in [4.78, 5) is 0. The Hall–Kier alpha value is -1.80. The molecule has 0 radical (unpaired) electrons. The molecule has 0 amide bonds. The molecule has 98 valence electrons. The number of methoxy groups -OCH3 is 1. The van der Waals surface area contributed by atoms with E-state index in [2.05, 4.69) is 25.9 Å². The Kier molecular flexibility index (Phi) is 4.79. The minimum Gasteiger partial charge on any atom is -0.382 e. The first-order valence-corrected chi connectivity index (χ1v) is 5.76. The van der Waals surface area contributed by atoms with E-state index in [9.17, 15) is 0 Å². The standard InChI is InChI=1S/C10H16N6O2/c1-17-7-8-18-6-2-5-11-9-3-4-10-12-14-15-16(10)13-9/h3-4H,2,5-8H2,1H3,(H,11,13). The molecule has 0 aliphatic carbocycles. The number of anilines is 1. The van der Waals surface area contributed by atoms with Gasteiger partial charge in [0.2, 0.25) is 0 Å². The monoisotopic (exact) mass is 252 g/mol. The minimum atomic E-state index is 0.628. The molecule has 0 bridgehead atoms. The van der Waals surface area contributed by atoms with Crippen LogP contribution in [0.25, 0.3) is 5.65 Å². The van der Waals surface area contributed by atoms with Gasteiger partial charge in [-0.05, 0) is 29.0 Å². The van der Waals surface area contributed by atoms with E-state index in [1.54, 1.807) is 7.11 Å².